The van der Waals surface area contributed by atoms with Crippen LogP contribution in [0.5, 0.6) is 5.75 Å². The van der Waals surface area contributed by atoms with E-state index in [-0.39, 0.29) is 17.7 Å². The summed E-state index contributed by atoms with van der Waals surface area (Å²) in [5.74, 6) is 0.943. The Morgan fingerprint density at radius 3 is 2.84 bits per heavy atom. The fourth-order valence-electron chi connectivity index (χ4n) is 3.15. The van der Waals surface area contributed by atoms with Gasteiger partial charge in [-0.3, -0.25) is 0 Å². The molecule has 2 fully saturated rings. The molecule has 0 aromatic heterocycles. The quantitative estimate of drug-likeness (QED) is 0.908. The van der Waals surface area contributed by atoms with Crippen LogP contribution in [0.4, 0.5) is 0 Å². The molecule has 1 aliphatic heterocycles. The van der Waals surface area contributed by atoms with Crippen molar-refractivity contribution in [2.45, 2.75) is 56.8 Å². The molecular formula is C16H23NO2. The summed E-state index contributed by atoms with van der Waals surface area (Å²) >= 11 is 0. The standard InChI is InChI=1S/C16H23NO2/c1-12(17)14-5-2-3-6-15(14)19-13-7-10-18-16(11-13)8-4-9-16/h2-3,5-6,12-13H,4,7-11,17H2,1H3/t12-,13?/m1/s1. The van der Waals surface area contributed by atoms with Gasteiger partial charge >= 0.3 is 0 Å². The lowest BCUT2D eigenvalue weighted by atomic mass is 9.74. The van der Waals surface area contributed by atoms with Crippen LogP contribution in [0.15, 0.2) is 24.3 Å². The van der Waals surface area contributed by atoms with Crippen molar-refractivity contribution >= 4 is 0 Å². The predicted molar refractivity (Wildman–Crippen MR) is 75.2 cm³/mol. The monoisotopic (exact) mass is 261 g/mol. The minimum absolute atomic E-state index is 0.00806. The van der Waals surface area contributed by atoms with Gasteiger partial charge in [0.05, 0.1) is 12.2 Å². The van der Waals surface area contributed by atoms with E-state index in [1.165, 1.54) is 19.3 Å². The van der Waals surface area contributed by atoms with Crippen LogP contribution in [0.25, 0.3) is 0 Å². The number of rotatable bonds is 3. The first-order chi connectivity index (χ1) is 9.19. The average Bonchev–Trinajstić information content (AvgIpc) is 2.37. The lowest BCUT2D eigenvalue weighted by molar-refractivity contribution is -0.153. The second kappa shape index (κ2) is 5.14. The van der Waals surface area contributed by atoms with Crippen LogP contribution in [0.1, 0.15) is 50.6 Å². The second-order valence-electron chi connectivity index (χ2n) is 5.94. The van der Waals surface area contributed by atoms with Crippen LogP contribution < -0.4 is 10.5 Å². The van der Waals surface area contributed by atoms with Gasteiger partial charge in [-0.15, -0.1) is 0 Å². The summed E-state index contributed by atoms with van der Waals surface area (Å²) in [5.41, 5.74) is 7.23. The maximum absolute atomic E-state index is 6.22. The van der Waals surface area contributed by atoms with E-state index in [1.54, 1.807) is 0 Å². The number of ether oxygens (including phenoxy) is 2. The van der Waals surface area contributed by atoms with Crippen molar-refractivity contribution in [3.05, 3.63) is 29.8 Å². The molecule has 1 heterocycles. The van der Waals surface area contributed by atoms with Crippen LogP contribution in [0.3, 0.4) is 0 Å². The summed E-state index contributed by atoms with van der Waals surface area (Å²) < 4.78 is 12.2. The van der Waals surface area contributed by atoms with Crippen molar-refractivity contribution in [1.29, 1.82) is 0 Å². The topological polar surface area (TPSA) is 44.5 Å². The maximum atomic E-state index is 6.22. The Labute approximate surface area is 115 Å². The molecule has 1 spiro atoms. The molecule has 3 rings (SSSR count). The van der Waals surface area contributed by atoms with Crippen molar-refractivity contribution in [1.82, 2.24) is 0 Å². The first kappa shape index (κ1) is 12.9. The Hall–Kier alpha value is -1.06. The van der Waals surface area contributed by atoms with Gasteiger partial charge in [0.2, 0.25) is 0 Å². The lowest BCUT2D eigenvalue weighted by Crippen LogP contribution is -2.48. The molecule has 1 aromatic rings. The average molecular weight is 261 g/mol. The highest BCUT2D eigenvalue weighted by Gasteiger charge is 2.43. The van der Waals surface area contributed by atoms with E-state index >= 15 is 0 Å². The number of nitrogens with two attached hydrogens (primary N) is 1. The second-order valence-corrected chi connectivity index (χ2v) is 5.94. The Morgan fingerprint density at radius 1 is 1.37 bits per heavy atom. The maximum Gasteiger partial charge on any atom is 0.124 e. The van der Waals surface area contributed by atoms with Gasteiger partial charge in [0.1, 0.15) is 11.9 Å². The first-order valence-corrected chi connectivity index (χ1v) is 7.34. The van der Waals surface area contributed by atoms with Crippen molar-refractivity contribution in [2.24, 2.45) is 5.73 Å². The van der Waals surface area contributed by atoms with Gasteiger partial charge in [0.25, 0.3) is 0 Å². The fourth-order valence-corrected chi connectivity index (χ4v) is 3.15. The van der Waals surface area contributed by atoms with E-state index in [1.807, 2.05) is 25.1 Å². The van der Waals surface area contributed by atoms with E-state index in [0.29, 0.717) is 0 Å². The van der Waals surface area contributed by atoms with Gasteiger partial charge in [0.15, 0.2) is 0 Å². The summed E-state index contributed by atoms with van der Waals surface area (Å²) in [4.78, 5) is 0. The zero-order valence-corrected chi connectivity index (χ0v) is 11.6. The van der Waals surface area contributed by atoms with Gasteiger partial charge in [0, 0.05) is 24.4 Å². The number of para-hydroxylation sites is 1. The molecule has 3 nitrogen and oxygen atoms in total. The van der Waals surface area contributed by atoms with Crippen LogP contribution >= 0.6 is 0 Å². The zero-order valence-electron chi connectivity index (χ0n) is 11.6. The highest BCUT2D eigenvalue weighted by Crippen LogP contribution is 2.43. The molecule has 1 saturated carbocycles. The minimum atomic E-state index is 0.00806. The zero-order chi connectivity index (χ0) is 13.3. The third-order valence-electron chi connectivity index (χ3n) is 4.42. The largest absolute Gasteiger partial charge is 0.490 e. The first-order valence-electron chi connectivity index (χ1n) is 7.34. The molecule has 2 atom stereocenters. The van der Waals surface area contributed by atoms with Crippen LogP contribution in [0.2, 0.25) is 0 Å². The Bertz CT molecular complexity index is 440. The summed E-state index contributed by atoms with van der Waals surface area (Å²) in [7, 11) is 0. The van der Waals surface area contributed by atoms with E-state index in [2.05, 4.69) is 6.07 Å². The number of benzene rings is 1. The summed E-state index contributed by atoms with van der Waals surface area (Å²) in [5, 5.41) is 0. The summed E-state index contributed by atoms with van der Waals surface area (Å²) in [6.45, 7) is 2.82. The fraction of sp³-hybridized carbons (Fsp3) is 0.625. The normalized spacial score (nSPS) is 26.7. The van der Waals surface area contributed by atoms with Gasteiger partial charge in [-0.1, -0.05) is 18.2 Å². The number of hydrogen-bond donors (Lipinski definition) is 1. The molecule has 3 heteroatoms. The van der Waals surface area contributed by atoms with Crippen molar-refractivity contribution in [2.75, 3.05) is 6.61 Å². The third kappa shape index (κ3) is 2.63. The SMILES string of the molecule is C[C@@H](N)c1ccccc1OC1CCOC2(CCC2)C1. The van der Waals surface area contributed by atoms with Gasteiger partial charge in [-0.05, 0) is 32.3 Å². The van der Waals surface area contributed by atoms with Crippen molar-refractivity contribution in [3.63, 3.8) is 0 Å². The predicted octanol–water partition coefficient (Wildman–Crippen LogP) is 3.19. The smallest absolute Gasteiger partial charge is 0.124 e. The molecule has 1 aromatic carbocycles. The molecule has 1 aliphatic carbocycles. The van der Waals surface area contributed by atoms with Gasteiger partial charge < -0.3 is 15.2 Å². The van der Waals surface area contributed by atoms with Crippen molar-refractivity contribution < 1.29 is 9.47 Å². The Morgan fingerprint density at radius 2 is 2.16 bits per heavy atom. The van der Waals surface area contributed by atoms with Gasteiger partial charge in [-0.2, -0.15) is 0 Å². The summed E-state index contributed by atoms with van der Waals surface area (Å²) in [6, 6.07) is 8.12. The third-order valence-corrected chi connectivity index (χ3v) is 4.42. The molecular weight excluding hydrogens is 238 g/mol. The molecule has 2 aliphatic rings. The van der Waals surface area contributed by atoms with E-state index in [0.717, 1.165) is 30.8 Å². The Balaban J connectivity index is 1.71. The van der Waals surface area contributed by atoms with E-state index in [4.69, 9.17) is 15.2 Å². The molecule has 19 heavy (non-hydrogen) atoms. The molecule has 1 saturated heterocycles. The molecule has 2 N–H and O–H groups in total. The van der Waals surface area contributed by atoms with Crippen molar-refractivity contribution in [3.8, 4) is 5.75 Å². The molecule has 104 valence electrons. The molecule has 0 radical (unpaired) electrons. The van der Waals surface area contributed by atoms with Gasteiger partial charge in [-0.25, -0.2) is 0 Å². The molecule has 1 unspecified atom stereocenters. The number of hydrogen-bond acceptors (Lipinski definition) is 3. The molecule has 0 bridgehead atoms. The summed E-state index contributed by atoms with van der Waals surface area (Å²) in [6.07, 6.45) is 5.97. The Kier molecular flexibility index (Phi) is 3.50. The van der Waals surface area contributed by atoms with Crippen LogP contribution in [0, 0.1) is 0 Å². The van der Waals surface area contributed by atoms with E-state index < -0.39 is 0 Å². The van der Waals surface area contributed by atoms with Crippen LogP contribution in [-0.4, -0.2) is 18.3 Å². The van der Waals surface area contributed by atoms with E-state index in [9.17, 15) is 0 Å². The highest BCUT2D eigenvalue weighted by atomic mass is 16.5. The highest BCUT2D eigenvalue weighted by molar-refractivity contribution is 5.35. The lowest BCUT2D eigenvalue weighted by Gasteiger charge is -2.47. The minimum Gasteiger partial charge on any atom is -0.490 e. The molecule has 0 amide bonds. The van der Waals surface area contributed by atoms with Crippen LogP contribution in [-0.2, 0) is 4.74 Å².